The van der Waals surface area contributed by atoms with Crippen LogP contribution < -0.4 is 24.3 Å². The second-order valence-corrected chi connectivity index (χ2v) is 8.03. The van der Waals surface area contributed by atoms with E-state index in [0.717, 1.165) is 27.2 Å². The SMILES string of the molecule is CCOc1cc(CNc2ccc3c(c2)OCO3)c(Br)cc1OCc1ccc(F)cc1Cl. The van der Waals surface area contributed by atoms with E-state index >= 15 is 0 Å². The first-order chi connectivity index (χ1) is 15.0. The van der Waals surface area contributed by atoms with Gasteiger partial charge in [0.1, 0.15) is 12.4 Å². The Morgan fingerprint density at radius 1 is 1.00 bits per heavy atom. The van der Waals surface area contributed by atoms with Crippen LogP contribution in [0, 0.1) is 5.82 Å². The molecular weight excluding hydrogens is 489 g/mol. The van der Waals surface area contributed by atoms with Crippen LogP contribution in [0.15, 0.2) is 53.0 Å². The summed E-state index contributed by atoms with van der Waals surface area (Å²) < 4.78 is 36.6. The van der Waals surface area contributed by atoms with E-state index in [1.165, 1.54) is 12.1 Å². The zero-order valence-electron chi connectivity index (χ0n) is 16.7. The lowest BCUT2D eigenvalue weighted by Crippen LogP contribution is -2.04. The van der Waals surface area contributed by atoms with Gasteiger partial charge in [0.25, 0.3) is 0 Å². The van der Waals surface area contributed by atoms with Crippen molar-refractivity contribution in [1.29, 1.82) is 0 Å². The minimum atomic E-state index is -0.384. The Morgan fingerprint density at radius 2 is 1.81 bits per heavy atom. The van der Waals surface area contributed by atoms with E-state index in [-0.39, 0.29) is 19.2 Å². The second-order valence-electron chi connectivity index (χ2n) is 6.77. The molecule has 3 aromatic carbocycles. The molecule has 0 spiro atoms. The highest BCUT2D eigenvalue weighted by atomic mass is 79.9. The molecule has 31 heavy (non-hydrogen) atoms. The zero-order chi connectivity index (χ0) is 21.8. The van der Waals surface area contributed by atoms with E-state index in [0.29, 0.717) is 35.2 Å². The maximum atomic E-state index is 13.3. The third-order valence-electron chi connectivity index (χ3n) is 4.67. The minimum absolute atomic E-state index is 0.195. The molecule has 4 rings (SSSR count). The van der Waals surface area contributed by atoms with Crippen molar-refractivity contribution in [3.05, 3.63) is 75.0 Å². The van der Waals surface area contributed by atoms with Crippen LogP contribution in [0.5, 0.6) is 23.0 Å². The van der Waals surface area contributed by atoms with Gasteiger partial charge in [0.2, 0.25) is 6.79 Å². The predicted octanol–water partition coefficient (Wildman–Crippen LogP) is 6.56. The standard InChI is InChI=1S/C23H20BrClFNO4/c1-2-28-21-7-15(11-27-17-5-6-20-22(9-17)31-13-30-20)18(24)10-23(21)29-12-14-3-4-16(26)8-19(14)25/h3-10,27H,2,11-13H2,1H3. The maximum absolute atomic E-state index is 13.3. The summed E-state index contributed by atoms with van der Waals surface area (Å²) in [5.41, 5.74) is 2.60. The summed E-state index contributed by atoms with van der Waals surface area (Å²) in [5, 5.41) is 3.70. The van der Waals surface area contributed by atoms with Crippen molar-refractivity contribution < 1.29 is 23.3 Å². The monoisotopic (exact) mass is 507 g/mol. The molecule has 0 bridgehead atoms. The molecule has 1 aliphatic rings. The first-order valence-corrected chi connectivity index (χ1v) is 10.9. The first kappa shape index (κ1) is 21.6. The van der Waals surface area contributed by atoms with Gasteiger partial charge in [0, 0.05) is 28.3 Å². The van der Waals surface area contributed by atoms with Crippen LogP contribution in [-0.4, -0.2) is 13.4 Å². The fourth-order valence-electron chi connectivity index (χ4n) is 3.09. The number of halogens is 3. The Hall–Kier alpha value is -2.64. The molecule has 8 heteroatoms. The third kappa shape index (κ3) is 5.17. The third-order valence-corrected chi connectivity index (χ3v) is 5.76. The van der Waals surface area contributed by atoms with Crippen LogP contribution in [0.1, 0.15) is 18.1 Å². The van der Waals surface area contributed by atoms with Gasteiger partial charge in [0.15, 0.2) is 23.0 Å². The molecule has 3 aromatic rings. The fourth-order valence-corrected chi connectivity index (χ4v) is 3.78. The lowest BCUT2D eigenvalue weighted by Gasteiger charge is -2.16. The number of fused-ring (bicyclic) bond motifs is 1. The molecule has 0 aromatic heterocycles. The zero-order valence-corrected chi connectivity index (χ0v) is 19.1. The Labute approximate surface area is 193 Å². The van der Waals surface area contributed by atoms with E-state index in [2.05, 4.69) is 21.2 Å². The molecule has 1 aliphatic heterocycles. The van der Waals surface area contributed by atoms with Gasteiger partial charge in [-0.1, -0.05) is 33.6 Å². The number of hydrogen-bond acceptors (Lipinski definition) is 5. The van der Waals surface area contributed by atoms with Crippen molar-refractivity contribution in [3.8, 4) is 23.0 Å². The van der Waals surface area contributed by atoms with Gasteiger partial charge in [-0.3, -0.25) is 0 Å². The molecule has 0 saturated carbocycles. The summed E-state index contributed by atoms with van der Waals surface area (Å²) in [6, 6.07) is 13.7. The van der Waals surface area contributed by atoms with Crippen molar-refractivity contribution in [3.63, 3.8) is 0 Å². The highest BCUT2D eigenvalue weighted by Gasteiger charge is 2.15. The predicted molar refractivity (Wildman–Crippen MR) is 121 cm³/mol. The number of anilines is 1. The highest BCUT2D eigenvalue weighted by Crippen LogP contribution is 2.37. The van der Waals surface area contributed by atoms with E-state index in [9.17, 15) is 4.39 Å². The lowest BCUT2D eigenvalue weighted by molar-refractivity contribution is 0.174. The number of benzene rings is 3. The molecule has 0 amide bonds. The van der Waals surface area contributed by atoms with Gasteiger partial charge in [-0.05, 0) is 48.9 Å². The summed E-state index contributed by atoms with van der Waals surface area (Å²) >= 11 is 9.71. The Morgan fingerprint density at radius 3 is 2.61 bits per heavy atom. The number of ether oxygens (including phenoxy) is 4. The van der Waals surface area contributed by atoms with Crippen molar-refractivity contribution in [1.82, 2.24) is 0 Å². The molecule has 0 fully saturated rings. The van der Waals surface area contributed by atoms with Crippen LogP contribution in [0.4, 0.5) is 10.1 Å². The van der Waals surface area contributed by atoms with Crippen LogP contribution in [0.2, 0.25) is 5.02 Å². The Bertz CT molecular complexity index is 1100. The van der Waals surface area contributed by atoms with Gasteiger partial charge in [-0.15, -0.1) is 0 Å². The quantitative estimate of drug-likeness (QED) is 0.373. The first-order valence-electron chi connectivity index (χ1n) is 9.69. The summed E-state index contributed by atoms with van der Waals surface area (Å²) in [5.74, 6) is 2.27. The van der Waals surface area contributed by atoms with Crippen molar-refractivity contribution in [2.45, 2.75) is 20.1 Å². The fraction of sp³-hybridized carbons (Fsp3) is 0.217. The molecule has 162 valence electrons. The molecule has 1 heterocycles. The van der Waals surface area contributed by atoms with E-state index in [1.807, 2.05) is 37.3 Å². The van der Waals surface area contributed by atoms with Crippen molar-refractivity contribution in [2.24, 2.45) is 0 Å². The molecule has 0 saturated heterocycles. The van der Waals surface area contributed by atoms with Crippen LogP contribution in [0.25, 0.3) is 0 Å². The average molecular weight is 509 g/mol. The summed E-state index contributed by atoms with van der Waals surface area (Å²) in [6.07, 6.45) is 0. The number of hydrogen-bond donors (Lipinski definition) is 1. The minimum Gasteiger partial charge on any atom is -0.490 e. The van der Waals surface area contributed by atoms with Gasteiger partial charge in [-0.2, -0.15) is 0 Å². The highest BCUT2D eigenvalue weighted by molar-refractivity contribution is 9.10. The summed E-state index contributed by atoms with van der Waals surface area (Å²) in [6.45, 7) is 3.40. The average Bonchev–Trinajstić information content (AvgIpc) is 3.21. The van der Waals surface area contributed by atoms with Gasteiger partial charge >= 0.3 is 0 Å². The molecule has 0 aliphatic carbocycles. The van der Waals surface area contributed by atoms with E-state index in [1.54, 1.807) is 6.07 Å². The summed E-state index contributed by atoms with van der Waals surface area (Å²) in [7, 11) is 0. The van der Waals surface area contributed by atoms with E-state index < -0.39 is 0 Å². The molecule has 0 atom stereocenters. The van der Waals surface area contributed by atoms with Crippen LogP contribution >= 0.6 is 27.5 Å². The molecule has 5 nitrogen and oxygen atoms in total. The lowest BCUT2D eigenvalue weighted by atomic mass is 10.2. The van der Waals surface area contributed by atoms with Gasteiger partial charge in [0.05, 0.1) is 11.6 Å². The smallest absolute Gasteiger partial charge is 0.231 e. The normalized spacial score (nSPS) is 12.0. The number of nitrogens with one attached hydrogen (secondary N) is 1. The van der Waals surface area contributed by atoms with Crippen LogP contribution in [0.3, 0.4) is 0 Å². The van der Waals surface area contributed by atoms with Gasteiger partial charge in [-0.25, -0.2) is 4.39 Å². The summed E-state index contributed by atoms with van der Waals surface area (Å²) in [4.78, 5) is 0. The topological polar surface area (TPSA) is 49.0 Å². The largest absolute Gasteiger partial charge is 0.490 e. The van der Waals surface area contributed by atoms with E-state index in [4.69, 9.17) is 30.5 Å². The molecule has 0 radical (unpaired) electrons. The molecule has 1 N–H and O–H groups in total. The second kappa shape index (κ2) is 9.66. The number of rotatable bonds is 8. The Kier molecular flexibility index (Phi) is 6.73. The molecular formula is C23H20BrClFNO4. The molecule has 0 unspecified atom stereocenters. The van der Waals surface area contributed by atoms with Gasteiger partial charge < -0.3 is 24.3 Å². The van der Waals surface area contributed by atoms with Crippen LogP contribution in [-0.2, 0) is 13.2 Å². The van der Waals surface area contributed by atoms with Crippen molar-refractivity contribution in [2.75, 3.05) is 18.7 Å². The Balaban J connectivity index is 1.48. The van der Waals surface area contributed by atoms with Crippen molar-refractivity contribution >= 4 is 33.2 Å². The maximum Gasteiger partial charge on any atom is 0.231 e.